The van der Waals surface area contributed by atoms with Gasteiger partial charge in [-0.3, -0.25) is 0 Å². The summed E-state index contributed by atoms with van der Waals surface area (Å²) >= 11 is 0. The Kier molecular flexibility index (Phi) is 3.65. The maximum atomic E-state index is 3.66. The average Bonchev–Trinajstić information content (AvgIpc) is 1.72. The second-order valence-corrected chi connectivity index (χ2v) is 0.959. The van der Waals surface area contributed by atoms with Crippen LogP contribution in [-0.2, 0) is 16.8 Å². The van der Waals surface area contributed by atoms with Gasteiger partial charge in [0.25, 0.3) is 0 Å². The van der Waals surface area contributed by atoms with E-state index in [2.05, 4.69) is 11.2 Å². The average molecular weight is 137 g/mol. The van der Waals surface area contributed by atoms with E-state index in [-0.39, 0.29) is 16.8 Å². The van der Waals surface area contributed by atoms with Crippen LogP contribution in [0, 0.1) is 6.20 Å². The third-order valence-electron chi connectivity index (χ3n) is 0.517. The van der Waals surface area contributed by atoms with Gasteiger partial charge in [-0.25, -0.2) is 0 Å². The quantitative estimate of drug-likeness (QED) is 0.483. The molecule has 1 aromatic rings. The van der Waals surface area contributed by atoms with Crippen LogP contribution in [0.3, 0.4) is 0 Å². The molecule has 39 valence electrons. The fraction of sp³-hybridized carbons (Fsp3) is 0. The Labute approximate surface area is 53.0 Å². The van der Waals surface area contributed by atoms with Crippen molar-refractivity contribution in [3.8, 4) is 0 Å². The first-order valence-corrected chi connectivity index (χ1v) is 1.77. The molecule has 0 saturated carbocycles. The van der Waals surface area contributed by atoms with Crippen LogP contribution in [0.15, 0.2) is 24.4 Å². The number of pyridine rings is 1. The molecule has 0 aliphatic heterocycles. The molecule has 0 fully saturated rings. The van der Waals surface area contributed by atoms with E-state index in [4.69, 9.17) is 0 Å². The molecule has 0 spiro atoms. The Morgan fingerprint density at radius 3 is 2.29 bits per heavy atom. The number of hydrogen-bond acceptors (Lipinski definition) is 1. The van der Waals surface area contributed by atoms with Crippen LogP contribution in [-0.4, -0.2) is 4.98 Å². The monoisotopic (exact) mass is 137 g/mol. The van der Waals surface area contributed by atoms with Crippen molar-refractivity contribution in [2.45, 2.75) is 0 Å². The van der Waals surface area contributed by atoms with Crippen molar-refractivity contribution >= 4 is 0 Å². The predicted octanol–water partition coefficient (Wildman–Crippen LogP) is 0.879. The summed E-state index contributed by atoms with van der Waals surface area (Å²) in [7, 11) is 0. The molecule has 0 bridgehead atoms. The minimum Gasteiger partial charge on any atom is -0.394 e. The predicted molar refractivity (Wildman–Crippen MR) is 23.1 cm³/mol. The van der Waals surface area contributed by atoms with E-state index in [1.807, 2.05) is 12.1 Å². The summed E-state index contributed by atoms with van der Waals surface area (Å²) < 4.78 is 0. The SMILES string of the molecule is [Co].[c-]1ccccn1. The molecular weight excluding hydrogens is 133 g/mol. The summed E-state index contributed by atoms with van der Waals surface area (Å²) in [6.45, 7) is 0. The summed E-state index contributed by atoms with van der Waals surface area (Å²) in [5.41, 5.74) is 0. The molecule has 0 aliphatic carbocycles. The van der Waals surface area contributed by atoms with E-state index in [1.165, 1.54) is 0 Å². The fourth-order valence-electron chi connectivity index (χ4n) is 0.277. The minimum atomic E-state index is 0. The van der Waals surface area contributed by atoms with E-state index in [9.17, 15) is 0 Å². The Bertz CT molecular complexity index is 80.0. The van der Waals surface area contributed by atoms with Crippen LogP contribution in [0.5, 0.6) is 0 Å². The summed E-state index contributed by atoms with van der Waals surface area (Å²) in [5, 5.41) is 0. The van der Waals surface area contributed by atoms with Crippen molar-refractivity contribution in [1.29, 1.82) is 0 Å². The summed E-state index contributed by atoms with van der Waals surface area (Å²) in [6.07, 6.45) is 4.34. The molecule has 0 aromatic carbocycles. The molecule has 0 amide bonds. The Balaban J connectivity index is 0.000000360. The van der Waals surface area contributed by atoms with Crippen molar-refractivity contribution in [3.63, 3.8) is 0 Å². The van der Waals surface area contributed by atoms with Gasteiger partial charge < -0.3 is 4.98 Å². The van der Waals surface area contributed by atoms with Gasteiger partial charge in [-0.1, -0.05) is 12.4 Å². The summed E-state index contributed by atoms with van der Waals surface area (Å²) in [6, 6.07) is 5.50. The van der Waals surface area contributed by atoms with Crippen LogP contribution in [0.1, 0.15) is 0 Å². The van der Waals surface area contributed by atoms with Crippen LogP contribution >= 0.6 is 0 Å². The molecule has 1 radical (unpaired) electrons. The maximum absolute atomic E-state index is 3.66. The van der Waals surface area contributed by atoms with Crippen molar-refractivity contribution in [1.82, 2.24) is 4.98 Å². The van der Waals surface area contributed by atoms with Crippen molar-refractivity contribution in [3.05, 3.63) is 30.6 Å². The van der Waals surface area contributed by atoms with Gasteiger partial charge in [0.15, 0.2) is 0 Å². The molecule has 1 rings (SSSR count). The third-order valence-corrected chi connectivity index (χ3v) is 0.517. The second-order valence-electron chi connectivity index (χ2n) is 0.959. The Hall–Kier alpha value is -0.344. The zero-order valence-corrected chi connectivity index (χ0v) is 4.63. The summed E-state index contributed by atoms with van der Waals surface area (Å²) in [4.78, 5) is 3.66. The molecule has 7 heavy (non-hydrogen) atoms. The molecule has 1 aromatic heterocycles. The maximum Gasteiger partial charge on any atom is 0 e. The van der Waals surface area contributed by atoms with Gasteiger partial charge in [0.1, 0.15) is 0 Å². The van der Waals surface area contributed by atoms with Crippen LogP contribution in [0.2, 0.25) is 0 Å². The topological polar surface area (TPSA) is 12.9 Å². The van der Waals surface area contributed by atoms with Gasteiger partial charge in [0.05, 0.1) is 0 Å². The Morgan fingerprint density at radius 2 is 2.14 bits per heavy atom. The van der Waals surface area contributed by atoms with Gasteiger partial charge in [-0.2, -0.15) is 18.2 Å². The first-order valence-electron chi connectivity index (χ1n) is 1.77. The molecular formula is C5H4CoN-. The molecule has 1 nitrogen and oxygen atoms in total. The van der Waals surface area contributed by atoms with Gasteiger partial charge >= 0.3 is 0 Å². The normalized spacial score (nSPS) is 6.86. The first kappa shape index (κ1) is 6.66. The number of nitrogens with zero attached hydrogens (tertiary/aromatic N) is 1. The molecule has 2 heteroatoms. The van der Waals surface area contributed by atoms with Gasteiger partial charge in [0, 0.05) is 16.8 Å². The van der Waals surface area contributed by atoms with Crippen LogP contribution in [0.4, 0.5) is 0 Å². The van der Waals surface area contributed by atoms with E-state index >= 15 is 0 Å². The first-order chi connectivity index (χ1) is 3.00. The number of hydrogen-bond donors (Lipinski definition) is 0. The van der Waals surface area contributed by atoms with Crippen molar-refractivity contribution < 1.29 is 16.8 Å². The van der Waals surface area contributed by atoms with Crippen LogP contribution in [0.25, 0.3) is 0 Å². The zero-order valence-electron chi connectivity index (χ0n) is 3.59. The van der Waals surface area contributed by atoms with Crippen molar-refractivity contribution in [2.75, 3.05) is 0 Å². The van der Waals surface area contributed by atoms with Gasteiger partial charge in [0.2, 0.25) is 0 Å². The molecule has 0 N–H and O–H groups in total. The van der Waals surface area contributed by atoms with E-state index in [0.29, 0.717) is 0 Å². The summed E-state index contributed by atoms with van der Waals surface area (Å²) in [5.74, 6) is 0. The molecule has 0 aliphatic rings. The van der Waals surface area contributed by atoms with Crippen LogP contribution < -0.4 is 0 Å². The van der Waals surface area contributed by atoms with E-state index in [1.54, 1.807) is 12.3 Å². The van der Waals surface area contributed by atoms with Gasteiger partial charge in [-0.05, 0) is 0 Å². The van der Waals surface area contributed by atoms with E-state index < -0.39 is 0 Å². The molecule has 1 heterocycles. The third kappa shape index (κ3) is 2.36. The second kappa shape index (κ2) is 3.83. The molecule has 0 saturated heterocycles. The van der Waals surface area contributed by atoms with E-state index in [0.717, 1.165) is 0 Å². The molecule has 0 atom stereocenters. The standard InChI is InChI=1S/C5H4N.Co/c1-2-4-6-5-3-1;/h1-4H;/q-1;. The van der Waals surface area contributed by atoms with Crippen molar-refractivity contribution in [2.24, 2.45) is 0 Å². The Morgan fingerprint density at radius 1 is 1.29 bits per heavy atom. The zero-order chi connectivity index (χ0) is 4.24. The largest absolute Gasteiger partial charge is 0.394 e. The number of aromatic nitrogens is 1. The molecule has 0 unspecified atom stereocenters. The van der Waals surface area contributed by atoms with Gasteiger partial charge in [-0.15, -0.1) is 0 Å². The fourth-order valence-corrected chi connectivity index (χ4v) is 0.277. The minimum absolute atomic E-state index is 0. The number of rotatable bonds is 0. The smallest absolute Gasteiger partial charge is 0 e.